The summed E-state index contributed by atoms with van der Waals surface area (Å²) in [6, 6.07) is 9.86. The molecule has 0 aliphatic carbocycles. The minimum Gasteiger partial charge on any atom is -0.507 e. The van der Waals surface area contributed by atoms with Crippen molar-refractivity contribution >= 4 is 23.0 Å². The van der Waals surface area contributed by atoms with E-state index < -0.39 is 5.41 Å². The molecule has 2 aromatic carbocycles. The van der Waals surface area contributed by atoms with Crippen LogP contribution in [0.5, 0.6) is 5.75 Å². The molecule has 0 spiro atoms. The number of para-hydroxylation sites is 1. The average Bonchev–Trinajstić information content (AvgIpc) is 3.42. The molecule has 0 amide bonds. The van der Waals surface area contributed by atoms with Crippen molar-refractivity contribution < 1.29 is 24.2 Å². The smallest absolute Gasteiger partial charge is 0.305 e. The van der Waals surface area contributed by atoms with Gasteiger partial charge in [0.15, 0.2) is 0 Å². The van der Waals surface area contributed by atoms with Crippen LogP contribution >= 0.6 is 0 Å². The first-order chi connectivity index (χ1) is 20.7. The van der Waals surface area contributed by atoms with Crippen molar-refractivity contribution in [3.8, 4) is 16.9 Å². The van der Waals surface area contributed by atoms with Crippen molar-refractivity contribution in [1.29, 1.82) is 0 Å². The number of carbonyl (C=O) groups is 2. The molecule has 0 unspecified atom stereocenters. The molecule has 0 bridgehead atoms. The Kier molecular flexibility index (Phi) is 12.3. The van der Waals surface area contributed by atoms with Crippen LogP contribution in [0.2, 0.25) is 0 Å². The molecule has 1 heterocycles. The molecule has 0 fully saturated rings. The Labute approximate surface area is 262 Å². The molecule has 3 rings (SSSR count). The van der Waals surface area contributed by atoms with Crippen molar-refractivity contribution in [2.24, 2.45) is 0 Å². The summed E-state index contributed by atoms with van der Waals surface area (Å²) in [5.41, 5.74) is 3.99. The van der Waals surface area contributed by atoms with Crippen molar-refractivity contribution in [2.45, 2.75) is 77.0 Å². The number of phenols is 1. The second kappa shape index (κ2) is 15.5. The van der Waals surface area contributed by atoms with Crippen LogP contribution in [0.25, 0.3) is 22.2 Å². The van der Waals surface area contributed by atoms with Gasteiger partial charge in [-0.1, -0.05) is 45.9 Å². The fourth-order valence-electron chi connectivity index (χ4n) is 5.29. The summed E-state index contributed by atoms with van der Waals surface area (Å²) < 4.78 is 10.8. The number of esters is 2. The number of benzene rings is 2. The second-order valence-corrected chi connectivity index (χ2v) is 13.4. The molecule has 1 aromatic heterocycles. The number of likely N-dealkylation sites (N-methyl/N-ethyl adjacent to an activating group) is 2. The predicted octanol–water partition coefficient (Wildman–Crippen LogP) is 5.44. The van der Waals surface area contributed by atoms with Crippen LogP contribution in [0.15, 0.2) is 30.3 Å². The summed E-state index contributed by atoms with van der Waals surface area (Å²) in [5.74, 6) is -0.197. The Morgan fingerprint density at radius 3 is 1.95 bits per heavy atom. The topological polar surface area (TPSA) is 121 Å². The summed E-state index contributed by atoms with van der Waals surface area (Å²) in [7, 11) is 7.78. The Hall–Kier alpha value is -3.50. The number of aromatic hydroxyl groups is 1. The van der Waals surface area contributed by atoms with Crippen LogP contribution in [0.4, 0.5) is 0 Å². The van der Waals surface area contributed by atoms with E-state index in [-0.39, 0.29) is 23.1 Å². The zero-order chi connectivity index (χ0) is 32.5. The molecule has 2 N–H and O–H groups in total. The van der Waals surface area contributed by atoms with Crippen LogP contribution in [0.3, 0.4) is 0 Å². The van der Waals surface area contributed by atoms with Crippen molar-refractivity contribution in [2.75, 3.05) is 54.5 Å². The van der Waals surface area contributed by atoms with E-state index in [9.17, 15) is 14.7 Å². The first-order valence-corrected chi connectivity index (χ1v) is 15.5. The van der Waals surface area contributed by atoms with E-state index in [2.05, 4.69) is 49.2 Å². The van der Waals surface area contributed by atoms with Crippen LogP contribution in [0, 0.1) is 0 Å². The highest BCUT2D eigenvalue weighted by Crippen LogP contribution is 2.45. The number of hydrogen-bond acceptors (Lipinski definition) is 9. The highest BCUT2D eigenvalue weighted by atomic mass is 16.5. The first kappa shape index (κ1) is 35.0. The van der Waals surface area contributed by atoms with E-state index in [1.165, 1.54) is 0 Å². The van der Waals surface area contributed by atoms with Gasteiger partial charge in [-0.25, -0.2) is 0 Å². The van der Waals surface area contributed by atoms with Gasteiger partial charge in [0.25, 0.3) is 0 Å². The van der Waals surface area contributed by atoms with Gasteiger partial charge in [0.2, 0.25) is 0 Å². The largest absolute Gasteiger partial charge is 0.507 e. The standard InChI is InChI=1S/C34H51N5O5/c1-33(2,16-10-14-29(40)43-20-18-38(5)6)24-22-26(25-12-9-13-28-31(25)36-37-35-28)32(42)27(23-24)34(3,4)17-11-15-30(41)44-21-19-39(7)8/h9,12-13,22-23,42H,10-11,14-21H2,1-8H3,(H,35,36,37). The number of ether oxygens (including phenoxy) is 2. The number of nitrogens with zero attached hydrogens (tertiary/aromatic N) is 4. The van der Waals surface area contributed by atoms with Crippen molar-refractivity contribution in [1.82, 2.24) is 25.2 Å². The SMILES string of the molecule is CN(C)CCOC(=O)CCCC(C)(C)c1cc(-c2cccc3n[nH]nc23)c(O)c(C(C)(C)CCCC(=O)OCCN(C)C)c1. The van der Waals surface area contributed by atoms with Gasteiger partial charge in [-0.2, -0.15) is 15.4 Å². The number of aromatic nitrogens is 3. The molecule has 3 aromatic rings. The Morgan fingerprint density at radius 1 is 0.818 bits per heavy atom. The summed E-state index contributed by atoms with van der Waals surface area (Å²) in [6.07, 6.45) is 3.41. The van der Waals surface area contributed by atoms with Gasteiger partial charge in [-0.15, -0.1) is 0 Å². The lowest BCUT2D eigenvalue weighted by Gasteiger charge is -2.32. The molecule has 44 heavy (non-hydrogen) atoms. The highest BCUT2D eigenvalue weighted by Gasteiger charge is 2.31. The van der Waals surface area contributed by atoms with Crippen LogP contribution in [0.1, 0.15) is 77.3 Å². The number of nitrogens with one attached hydrogen (secondary N) is 1. The molecule has 0 radical (unpaired) electrons. The van der Waals surface area contributed by atoms with E-state index in [0.29, 0.717) is 75.0 Å². The molecular formula is C34H51N5O5. The molecule has 0 atom stereocenters. The maximum Gasteiger partial charge on any atom is 0.305 e. The Morgan fingerprint density at radius 2 is 1.39 bits per heavy atom. The summed E-state index contributed by atoms with van der Waals surface area (Å²) in [5, 5.41) is 23.1. The number of aromatic amines is 1. The number of rotatable bonds is 17. The lowest BCUT2D eigenvalue weighted by atomic mass is 9.73. The van der Waals surface area contributed by atoms with E-state index in [1.54, 1.807) is 0 Å². The third-order valence-corrected chi connectivity index (χ3v) is 8.23. The molecule has 0 aliphatic rings. The van der Waals surface area contributed by atoms with Crippen LogP contribution in [-0.4, -0.2) is 96.7 Å². The number of fused-ring (bicyclic) bond motifs is 1. The lowest BCUT2D eigenvalue weighted by Crippen LogP contribution is -2.23. The molecular weight excluding hydrogens is 558 g/mol. The third-order valence-electron chi connectivity index (χ3n) is 8.23. The van der Waals surface area contributed by atoms with Gasteiger partial charge in [0.05, 0.1) is 0 Å². The van der Waals surface area contributed by atoms with Gasteiger partial charge in [-0.05, 0) is 82.4 Å². The average molecular weight is 610 g/mol. The highest BCUT2D eigenvalue weighted by molar-refractivity contribution is 5.93. The fraction of sp³-hybridized carbons (Fsp3) is 0.588. The van der Waals surface area contributed by atoms with Gasteiger partial charge < -0.3 is 24.4 Å². The maximum absolute atomic E-state index is 12.3. The van der Waals surface area contributed by atoms with E-state index in [1.807, 2.05) is 62.3 Å². The quantitative estimate of drug-likeness (QED) is 0.193. The zero-order valence-corrected chi connectivity index (χ0v) is 27.8. The molecule has 242 valence electrons. The third kappa shape index (κ3) is 9.75. The van der Waals surface area contributed by atoms with Gasteiger partial charge >= 0.3 is 11.9 Å². The number of H-pyrrole nitrogens is 1. The molecule has 10 nitrogen and oxygen atoms in total. The second-order valence-electron chi connectivity index (χ2n) is 13.4. The Balaban J connectivity index is 1.87. The minimum absolute atomic E-state index is 0.186. The van der Waals surface area contributed by atoms with Gasteiger partial charge in [-0.3, -0.25) is 9.59 Å². The summed E-state index contributed by atoms with van der Waals surface area (Å²) in [6.45, 7) is 10.7. The predicted molar refractivity (Wildman–Crippen MR) is 174 cm³/mol. The summed E-state index contributed by atoms with van der Waals surface area (Å²) in [4.78, 5) is 28.6. The molecule has 0 aliphatic heterocycles. The van der Waals surface area contributed by atoms with Crippen LogP contribution < -0.4 is 0 Å². The first-order valence-electron chi connectivity index (χ1n) is 15.5. The van der Waals surface area contributed by atoms with E-state index in [4.69, 9.17) is 9.47 Å². The molecule has 0 saturated carbocycles. The van der Waals surface area contributed by atoms with E-state index in [0.717, 1.165) is 23.1 Å². The van der Waals surface area contributed by atoms with Crippen LogP contribution in [-0.2, 0) is 29.9 Å². The molecule has 0 saturated heterocycles. The molecule has 10 heteroatoms. The summed E-state index contributed by atoms with van der Waals surface area (Å²) >= 11 is 0. The number of hydrogen-bond donors (Lipinski definition) is 2. The number of carbonyl (C=O) groups excluding carboxylic acids is 2. The van der Waals surface area contributed by atoms with Gasteiger partial charge in [0, 0.05) is 42.6 Å². The normalized spacial score (nSPS) is 12.3. The minimum atomic E-state index is -0.442. The van der Waals surface area contributed by atoms with Crippen molar-refractivity contribution in [3.63, 3.8) is 0 Å². The fourth-order valence-corrected chi connectivity index (χ4v) is 5.29. The zero-order valence-electron chi connectivity index (χ0n) is 27.8. The van der Waals surface area contributed by atoms with E-state index >= 15 is 0 Å². The maximum atomic E-state index is 12.3. The Bertz CT molecular complexity index is 1400. The number of phenolic OH excluding ortho intramolecular Hbond substituents is 1. The van der Waals surface area contributed by atoms with Gasteiger partial charge in [0.1, 0.15) is 30.0 Å². The monoisotopic (exact) mass is 609 g/mol. The lowest BCUT2D eigenvalue weighted by molar-refractivity contribution is -0.145. The van der Waals surface area contributed by atoms with Crippen molar-refractivity contribution in [3.05, 3.63) is 41.5 Å².